The van der Waals surface area contributed by atoms with E-state index in [4.69, 9.17) is 23.8 Å². The maximum atomic E-state index is 12.6. The third-order valence-corrected chi connectivity index (χ3v) is 5.81. The van der Waals surface area contributed by atoms with Crippen molar-refractivity contribution in [1.82, 2.24) is 15.8 Å². The Kier molecular flexibility index (Phi) is 8.00. The number of nitrogens with one attached hydrogen (secondary N) is 2. The van der Waals surface area contributed by atoms with Crippen molar-refractivity contribution >= 4 is 63.7 Å². The molecular weight excluding hydrogens is 454 g/mol. The molecule has 0 saturated carbocycles. The van der Waals surface area contributed by atoms with Crippen molar-refractivity contribution in [2.24, 2.45) is 0 Å². The molecule has 0 aromatic heterocycles. The summed E-state index contributed by atoms with van der Waals surface area (Å²) in [6, 6.07) is 16.1. The lowest BCUT2D eigenvalue weighted by Gasteiger charge is -2.14. The zero-order valence-electron chi connectivity index (χ0n) is 16.2. The topological polar surface area (TPSA) is 78.5 Å². The number of hydrazine groups is 1. The molecule has 0 unspecified atom stereocenters. The number of carbonyl (C=O) groups excluding carboxylic acids is 3. The molecule has 1 aliphatic rings. The maximum absolute atomic E-state index is 12.6. The van der Waals surface area contributed by atoms with Gasteiger partial charge in [0.2, 0.25) is 5.91 Å². The lowest BCUT2D eigenvalue weighted by Crippen LogP contribution is -2.43. The van der Waals surface area contributed by atoms with Crippen molar-refractivity contribution in [3.63, 3.8) is 0 Å². The second-order valence-corrected chi connectivity index (χ2v) is 8.50. The Morgan fingerprint density at radius 2 is 1.87 bits per heavy atom. The molecule has 0 radical (unpaired) electrons. The Bertz CT molecular complexity index is 1070. The van der Waals surface area contributed by atoms with Crippen molar-refractivity contribution in [2.45, 2.75) is 6.42 Å². The molecule has 0 bridgehead atoms. The molecule has 2 aromatic rings. The predicted molar refractivity (Wildman–Crippen MR) is 127 cm³/mol. The summed E-state index contributed by atoms with van der Waals surface area (Å²) in [6.45, 7) is 0.114. The summed E-state index contributed by atoms with van der Waals surface area (Å²) in [7, 11) is 0. The smallest absolute Gasteiger partial charge is 0.269 e. The van der Waals surface area contributed by atoms with Gasteiger partial charge in [0.05, 0.1) is 4.91 Å². The number of allylic oxidation sites excluding steroid dienone is 2. The van der Waals surface area contributed by atoms with E-state index in [9.17, 15) is 14.4 Å². The summed E-state index contributed by atoms with van der Waals surface area (Å²) in [5, 5.41) is 0.417. The lowest BCUT2D eigenvalue weighted by molar-refractivity contribution is -0.124. The van der Waals surface area contributed by atoms with E-state index in [1.54, 1.807) is 30.4 Å². The molecule has 9 heteroatoms. The molecule has 2 aromatic carbocycles. The highest BCUT2D eigenvalue weighted by Crippen LogP contribution is 2.31. The second kappa shape index (κ2) is 10.9. The third-order valence-electron chi connectivity index (χ3n) is 4.17. The number of halogens is 1. The van der Waals surface area contributed by atoms with Gasteiger partial charge in [-0.1, -0.05) is 84.1 Å². The summed E-state index contributed by atoms with van der Waals surface area (Å²) in [4.78, 5) is 38.5. The number of hydrogen-bond donors (Lipinski definition) is 2. The Hall–Kier alpha value is -2.94. The van der Waals surface area contributed by atoms with E-state index in [1.807, 2.05) is 36.4 Å². The zero-order valence-corrected chi connectivity index (χ0v) is 18.6. The number of benzene rings is 2. The van der Waals surface area contributed by atoms with Gasteiger partial charge in [0.25, 0.3) is 11.8 Å². The molecule has 1 saturated heterocycles. The van der Waals surface area contributed by atoms with Gasteiger partial charge in [0.1, 0.15) is 4.32 Å². The molecule has 1 heterocycles. The van der Waals surface area contributed by atoms with Crippen molar-refractivity contribution in [3.05, 3.63) is 87.8 Å². The standard InChI is InChI=1S/C22H18ClN3O3S2/c23-17-10-5-9-16(14-17)20(28)25-24-19(27)12-13-26-21(29)18(31-22(26)30)11-4-8-15-6-2-1-3-7-15/h1-11,14H,12-13H2,(H,24,27)(H,25,28)/b8-4+,18-11-. The van der Waals surface area contributed by atoms with Crippen LogP contribution in [0, 0.1) is 0 Å². The minimum absolute atomic E-state index is 0.0185. The van der Waals surface area contributed by atoms with Gasteiger partial charge in [-0.3, -0.25) is 30.1 Å². The van der Waals surface area contributed by atoms with Crippen LogP contribution in [-0.2, 0) is 9.59 Å². The highest BCUT2D eigenvalue weighted by molar-refractivity contribution is 8.26. The number of carbonyl (C=O) groups is 3. The molecule has 0 spiro atoms. The van der Waals surface area contributed by atoms with E-state index in [0.717, 1.165) is 5.56 Å². The lowest BCUT2D eigenvalue weighted by atomic mass is 10.2. The van der Waals surface area contributed by atoms with Crippen LogP contribution in [0.5, 0.6) is 0 Å². The van der Waals surface area contributed by atoms with Crippen molar-refractivity contribution in [3.8, 4) is 0 Å². The van der Waals surface area contributed by atoms with Gasteiger partial charge in [0.15, 0.2) is 0 Å². The van der Waals surface area contributed by atoms with Gasteiger partial charge in [-0.05, 0) is 29.8 Å². The van der Waals surface area contributed by atoms with Crippen LogP contribution in [0.2, 0.25) is 5.02 Å². The van der Waals surface area contributed by atoms with Crippen LogP contribution in [0.1, 0.15) is 22.3 Å². The summed E-state index contributed by atoms with van der Waals surface area (Å²) in [5.74, 6) is -1.18. The minimum atomic E-state index is -0.491. The summed E-state index contributed by atoms with van der Waals surface area (Å²) in [6.07, 6.45) is 5.37. The Labute approximate surface area is 194 Å². The molecule has 6 nitrogen and oxygen atoms in total. The van der Waals surface area contributed by atoms with E-state index >= 15 is 0 Å². The number of thioether (sulfide) groups is 1. The summed E-state index contributed by atoms with van der Waals surface area (Å²) < 4.78 is 0.389. The Morgan fingerprint density at radius 1 is 1.10 bits per heavy atom. The molecule has 1 aliphatic heterocycles. The molecule has 2 N–H and O–H groups in total. The normalized spacial score (nSPS) is 15.0. The molecule has 1 fully saturated rings. The van der Waals surface area contributed by atoms with Crippen LogP contribution < -0.4 is 10.9 Å². The minimum Gasteiger partial charge on any atom is -0.292 e. The Morgan fingerprint density at radius 3 is 2.61 bits per heavy atom. The first-order valence-corrected chi connectivity index (χ1v) is 10.9. The zero-order chi connectivity index (χ0) is 22.2. The molecule has 3 rings (SSSR count). The number of thiocarbonyl (C=S) groups is 1. The average molecular weight is 472 g/mol. The van der Waals surface area contributed by atoms with Crippen molar-refractivity contribution in [2.75, 3.05) is 6.54 Å². The number of amides is 3. The SMILES string of the molecule is O=C(CCN1C(=O)/C(=C/C=C/c2ccccc2)SC1=S)NNC(=O)c1cccc(Cl)c1. The fraction of sp³-hybridized carbons (Fsp3) is 0.0909. The molecule has 3 amide bonds. The first-order chi connectivity index (χ1) is 14.9. The molecule has 0 atom stereocenters. The van der Waals surface area contributed by atoms with E-state index in [-0.39, 0.29) is 18.9 Å². The molecule has 0 aliphatic carbocycles. The van der Waals surface area contributed by atoms with Crippen molar-refractivity contribution < 1.29 is 14.4 Å². The first kappa shape index (κ1) is 22.7. The van der Waals surface area contributed by atoms with Crippen LogP contribution in [0.15, 0.2) is 71.7 Å². The highest BCUT2D eigenvalue weighted by atomic mass is 35.5. The van der Waals surface area contributed by atoms with Crippen LogP contribution in [-0.4, -0.2) is 33.5 Å². The van der Waals surface area contributed by atoms with Gasteiger partial charge in [-0.2, -0.15) is 0 Å². The second-order valence-electron chi connectivity index (χ2n) is 6.39. The first-order valence-electron chi connectivity index (χ1n) is 9.26. The van der Waals surface area contributed by atoms with Gasteiger partial charge in [-0.15, -0.1) is 0 Å². The van der Waals surface area contributed by atoms with Gasteiger partial charge in [0, 0.05) is 23.6 Å². The third kappa shape index (κ3) is 6.52. The molecule has 158 valence electrons. The Balaban J connectivity index is 1.48. The van der Waals surface area contributed by atoms with E-state index < -0.39 is 11.8 Å². The van der Waals surface area contributed by atoms with E-state index in [2.05, 4.69) is 10.9 Å². The van der Waals surface area contributed by atoms with Gasteiger partial charge >= 0.3 is 0 Å². The summed E-state index contributed by atoms with van der Waals surface area (Å²) >= 11 is 12.3. The van der Waals surface area contributed by atoms with Crippen LogP contribution >= 0.6 is 35.6 Å². The van der Waals surface area contributed by atoms with Crippen molar-refractivity contribution in [1.29, 1.82) is 0 Å². The summed E-state index contributed by atoms with van der Waals surface area (Å²) in [5.41, 5.74) is 5.98. The highest BCUT2D eigenvalue weighted by Gasteiger charge is 2.31. The number of rotatable bonds is 6. The quantitative estimate of drug-likeness (QED) is 0.379. The fourth-order valence-corrected chi connectivity index (χ4v) is 4.07. The van der Waals surface area contributed by atoms with Crippen LogP contribution in [0.25, 0.3) is 6.08 Å². The largest absolute Gasteiger partial charge is 0.292 e. The van der Waals surface area contributed by atoms with Crippen LogP contribution in [0.4, 0.5) is 0 Å². The van der Waals surface area contributed by atoms with Gasteiger partial charge in [-0.25, -0.2) is 0 Å². The monoisotopic (exact) mass is 471 g/mol. The van der Waals surface area contributed by atoms with Crippen LogP contribution in [0.3, 0.4) is 0 Å². The van der Waals surface area contributed by atoms with Gasteiger partial charge < -0.3 is 0 Å². The molecule has 31 heavy (non-hydrogen) atoms. The molecular formula is C22H18ClN3O3S2. The average Bonchev–Trinajstić information content (AvgIpc) is 3.04. The predicted octanol–water partition coefficient (Wildman–Crippen LogP) is 3.95. The maximum Gasteiger partial charge on any atom is 0.269 e. The fourth-order valence-electron chi connectivity index (χ4n) is 2.62. The van der Waals surface area contributed by atoms with E-state index in [0.29, 0.717) is 19.8 Å². The van der Waals surface area contributed by atoms with E-state index in [1.165, 1.54) is 22.7 Å². The number of hydrogen-bond acceptors (Lipinski definition) is 5. The number of nitrogens with zero attached hydrogens (tertiary/aromatic N) is 1.